The van der Waals surface area contributed by atoms with E-state index in [9.17, 15) is 0 Å². The lowest BCUT2D eigenvalue weighted by molar-refractivity contribution is 0.644. The standard InChI is InChI=1S/C11H9BrClIN2S/c12-8-2-1-6(14)5-7(8)10(16-15)11-9(13)3-4-17-11/h1-5,10,16H,15H2. The van der Waals surface area contributed by atoms with Crippen molar-refractivity contribution in [2.75, 3.05) is 0 Å². The van der Waals surface area contributed by atoms with Crippen LogP contribution in [0.3, 0.4) is 0 Å². The molecule has 6 heteroatoms. The molecule has 1 atom stereocenters. The Hall–Kier alpha value is 0.340. The monoisotopic (exact) mass is 442 g/mol. The zero-order chi connectivity index (χ0) is 12.4. The van der Waals surface area contributed by atoms with Gasteiger partial charge < -0.3 is 0 Å². The Kier molecular flexibility index (Phi) is 4.85. The molecule has 0 radical (unpaired) electrons. The van der Waals surface area contributed by atoms with Crippen LogP contribution >= 0.6 is 61.5 Å². The molecule has 0 aliphatic heterocycles. The fourth-order valence-electron chi connectivity index (χ4n) is 1.55. The van der Waals surface area contributed by atoms with E-state index < -0.39 is 0 Å². The van der Waals surface area contributed by atoms with E-state index in [0.717, 1.165) is 23.5 Å². The van der Waals surface area contributed by atoms with Gasteiger partial charge in [-0.15, -0.1) is 11.3 Å². The number of hydrogen-bond donors (Lipinski definition) is 2. The molecule has 3 N–H and O–H groups in total. The van der Waals surface area contributed by atoms with Crippen LogP contribution in [0.15, 0.2) is 34.1 Å². The Labute approximate surface area is 131 Å². The molecule has 0 saturated heterocycles. The minimum Gasteiger partial charge on any atom is -0.271 e. The predicted octanol–water partition coefficient (Wildman–Crippen LogP) is 4.32. The first-order valence-corrected chi connectivity index (χ1v) is 7.90. The molecule has 1 aromatic heterocycles. The van der Waals surface area contributed by atoms with E-state index in [1.54, 1.807) is 11.3 Å². The molecular weight excluding hydrogens is 434 g/mol. The molecule has 0 aliphatic rings. The average molecular weight is 444 g/mol. The number of halogens is 3. The van der Waals surface area contributed by atoms with Gasteiger partial charge in [0, 0.05) is 12.9 Å². The summed E-state index contributed by atoms with van der Waals surface area (Å²) in [6.07, 6.45) is 0. The lowest BCUT2D eigenvalue weighted by Crippen LogP contribution is -2.28. The highest BCUT2D eigenvalue weighted by Gasteiger charge is 2.19. The van der Waals surface area contributed by atoms with Gasteiger partial charge in [-0.05, 0) is 57.8 Å². The highest BCUT2D eigenvalue weighted by atomic mass is 127. The molecule has 0 bridgehead atoms. The lowest BCUT2D eigenvalue weighted by Gasteiger charge is -2.17. The van der Waals surface area contributed by atoms with E-state index in [2.05, 4.69) is 50.0 Å². The fraction of sp³-hybridized carbons (Fsp3) is 0.0909. The number of nitrogens with two attached hydrogens (primary N) is 1. The van der Waals surface area contributed by atoms with Crippen molar-refractivity contribution in [1.82, 2.24) is 5.43 Å². The van der Waals surface area contributed by atoms with Crippen LogP contribution in [0.25, 0.3) is 0 Å². The van der Waals surface area contributed by atoms with Crippen molar-refractivity contribution in [3.05, 3.63) is 53.2 Å². The maximum Gasteiger partial charge on any atom is 0.0828 e. The molecular formula is C11H9BrClIN2S. The minimum atomic E-state index is -0.0911. The summed E-state index contributed by atoms with van der Waals surface area (Å²) >= 11 is 13.6. The van der Waals surface area contributed by atoms with Crippen molar-refractivity contribution in [2.24, 2.45) is 5.84 Å². The molecule has 17 heavy (non-hydrogen) atoms. The molecule has 2 aromatic rings. The molecule has 1 heterocycles. The van der Waals surface area contributed by atoms with Crippen LogP contribution in [0.2, 0.25) is 5.02 Å². The van der Waals surface area contributed by atoms with Gasteiger partial charge in [0.2, 0.25) is 0 Å². The smallest absolute Gasteiger partial charge is 0.0828 e. The topological polar surface area (TPSA) is 38.0 Å². The highest BCUT2D eigenvalue weighted by Crippen LogP contribution is 2.35. The van der Waals surface area contributed by atoms with Crippen molar-refractivity contribution >= 4 is 61.5 Å². The summed E-state index contributed by atoms with van der Waals surface area (Å²) in [7, 11) is 0. The van der Waals surface area contributed by atoms with Gasteiger partial charge in [-0.3, -0.25) is 5.84 Å². The van der Waals surface area contributed by atoms with Crippen LogP contribution in [0.1, 0.15) is 16.5 Å². The Balaban J connectivity index is 2.49. The maximum absolute atomic E-state index is 6.15. The first kappa shape index (κ1) is 13.8. The molecule has 0 aliphatic carbocycles. The van der Waals surface area contributed by atoms with Crippen molar-refractivity contribution in [3.63, 3.8) is 0 Å². The van der Waals surface area contributed by atoms with E-state index in [1.165, 1.54) is 0 Å². The first-order chi connectivity index (χ1) is 8.13. The number of nitrogens with one attached hydrogen (secondary N) is 1. The normalized spacial score (nSPS) is 12.7. The first-order valence-electron chi connectivity index (χ1n) is 4.77. The molecule has 0 spiro atoms. The van der Waals surface area contributed by atoms with Crippen LogP contribution < -0.4 is 11.3 Å². The van der Waals surface area contributed by atoms with E-state index in [4.69, 9.17) is 17.4 Å². The third-order valence-electron chi connectivity index (χ3n) is 2.34. The average Bonchev–Trinajstić information content (AvgIpc) is 2.71. The van der Waals surface area contributed by atoms with Gasteiger partial charge in [0.25, 0.3) is 0 Å². The van der Waals surface area contributed by atoms with Crippen LogP contribution in [-0.2, 0) is 0 Å². The summed E-state index contributed by atoms with van der Waals surface area (Å²) in [4.78, 5) is 1.02. The summed E-state index contributed by atoms with van der Waals surface area (Å²) in [5, 5.41) is 2.70. The highest BCUT2D eigenvalue weighted by molar-refractivity contribution is 14.1. The van der Waals surface area contributed by atoms with E-state index >= 15 is 0 Å². The zero-order valence-electron chi connectivity index (χ0n) is 8.58. The van der Waals surface area contributed by atoms with Crippen molar-refractivity contribution in [2.45, 2.75) is 6.04 Å². The van der Waals surface area contributed by atoms with Crippen LogP contribution in [0, 0.1) is 3.57 Å². The van der Waals surface area contributed by atoms with Gasteiger partial charge in [0.15, 0.2) is 0 Å². The summed E-state index contributed by atoms with van der Waals surface area (Å²) < 4.78 is 2.18. The van der Waals surface area contributed by atoms with Gasteiger partial charge in [-0.2, -0.15) is 0 Å². The van der Waals surface area contributed by atoms with Crippen molar-refractivity contribution in [3.8, 4) is 0 Å². The van der Waals surface area contributed by atoms with Gasteiger partial charge in [0.05, 0.1) is 11.1 Å². The van der Waals surface area contributed by atoms with Gasteiger partial charge in [-0.25, -0.2) is 5.43 Å². The fourth-order valence-corrected chi connectivity index (χ4v) is 3.79. The molecule has 0 amide bonds. The number of benzene rings is 1. The van der Waals surface area contributed by atoms with Crippen molar-refractivity contribution < 1.29 is 0 Å². The molecule has 0 fully saturated rings. The Morgan fingerprint density at radius 1 is 1.41 bits per heavy atom. The van der Waals surface area contributed by atoms with E-state index in [0.29, 0.717) is 0 Å². The molecule has 2 nitrogen and oxygen atoms in total. The Morgan fingerprint density at radius 2 is 2.18 bits per heavy atom. The van der Waals surface area contributed by atoms with Gasteiger partial charge in [0.1, 0.15) is 0 Å². The molecule has 1 aromatic carbocycles. The summed E-state index contributed by atoms with van der Waals surface area (Å²) in [5.74, 6) is 5.66. The number of hydrogen-bond acceptors (Lipinski definition) is 3. The van der Waals surface area contributed by atoms with Crippen LogP contribution in [-0.4, -0.2) is 0 Å². The molecule has 2 rings (SSSR count). The Bertz CT molecular complexity index is 532. The lowest BCUT2D eigenvalue weighted by atomic mass is 10.1. The third-order valence-corrected chi connectivity index (χ3v) is 5.16. The second kappa shape index (κ2) is 5.99. The second-order valence-electron chi connectivity index (χ2n) is 3.40. The number of thiophene rings is 1. The summed E-state index contributed by atoms with van der Waals surface area (Å²) in [6.45, 7) is 0. The van der Waals surface area contributed by atoms with Crippen molar-refractivity contribution in [1.29, 1.82) is 0 Å². The maximum atomic E-state index is 6.15. The second-order valence-corrected chi connectivity index (χ2v) is 6.85. The third kappa shape index (κ3) is 3.02. The molecule has 1 unspecified atom stereocenters. The summed E-state index contributed by atoms with van der Waals surface area (Å²) in [5.41, 5.74) is 3.91. The van der Waals surface area contributed by atoms with Gasteiger partial charge in [-0.1, -0.05) is 27.5 Å². The van der Waals surface area contributed by atoms with Gasteiger partial charge >= 0.3 is 0 Å². The Morgan fingerprint density at radius 3 is 2.76 bits per heavy atom. The van der Waals surface area contributed by atoms with E-state index in [1.807, 2.05) is 23.6 Å². The molecule has 0 saturated carbocycles. The van der Waals surface area contributed by atoms with Crippen LogP contribution in [0.4, 0.5) is 0 Å². The quantitative estimate of drug-likeness (QED) is 0.421. The SMILES string of the molecule is NNC(c1cc(I)ccc1Br)c1sccc1Cl. The predicted molar refractivity (Wildman–Crippen MR) is 85.4 cm³/mol. The molecule has 90 valence electrons. The number of rotatable bonds is 3. The zero-order valence-corrected chi connectivity index (χ0v) is 13.9. The summed E-state index contributed by atoms with van der Waals surface area (Å²) in [6, 6.07) is 7.94. The largest absolute Gasteiger partial charge is 0.271 e. The van der Waals surface area contributed by atoms with E-state index in [-0.39, 0.29) is 6.04 Å². The van der Waals surface area contributed by atoms with Crippen LogP contribution in [0.5, 0.6) is 0 Å². The number of hydrazine groups is 1. The minimum absolute atomic E-state index is 0.0911.